The molecular formula is C12H19N3O2. The molecule has 0 radical (unpaired) electrons. The summed E-state index contributed by atoms with van der Waals surface area (Å²) in [6.45, 7) is 2.60. The number of hydrogen-bond acceptors (Lipinski definition) is 3. The highest BCUT2D eigenvalue weighted by Crippen LogP contribution is 2.25. The minimum atomic E-state index is -0.718. The topological polar surface area (TPSA) is 58.4 Å². The standard InChI is InChI=1S/C12H19N3O2/c1-14-7-4-11(13-14)10-3-2-6-15(9-10)8-5-12(16)17/h4,7,10H,2-3,5-6,8-9H2,1H3,(H,16,17). The van der Waals surface area contributed by atoms with E-state index in [-0.39, 0.29) is 6.42 Å². The van der Waals surface area contributed by atoms with Gasteiger partial charge in [0.05, 0.1) is 12.1 Å². The van der Waals surface area contributed by atoms with Gasteiger partial charge in [0.25, 0.3) is 0 Å². The molecule has 5 nitrogen and oxygen atoms in total. The molecule has 1 saturated heterocycles. The van der Waals surface area contributed by atoms with Crippen LogP contribution in [0.5, 0.6) is 0 Å². The summed E-state index contributed by atoms with van der Waals surface area (Å²) in [7, 11) is 1.93. The predicted molar refractivity (Wildman–Crippen MR) is 63.9 cm³/mol. The van der Waals surface area contributed by atoms with Gasteiger partial charge in [0.2, 0.25) is 0 Å². The highest BCUT2D eigenvalue weighted by molar-refractivity contribution is 5.66. The molecule has 1 atom stereocenters. The van der Waals surface area contributed by atoms with E-state index < -0.39 is 5.97 Å². The van der Waals surface area contributed by atoms with E-state index in [1.807, 2.05) is 17.9 Å². The van der Waals surface area contributed by atoms with Crippen LogP contribution in [-0.4, -0.2) is 45.4 Å². The third-order valence-corrected chi connectivity index (χ3v) is 3.30. The first-order chi connectivity index (χ1) is 8.15. The fourth-order valence-corrected chi connectivity index (χ4v) is 2.40. The average molecular weight is 237 g/mol. The van der Waals surface area contributed by atoms with E-state index in [0.29, 0.717) is 12.5 Å². The number of piperidine rings is 1. The molecule has 94 valence electrons. The Kier molecular flexibility index (Phi) is 3.78. The van der Waals surface area contributed by atoms with E-state index in [2.05, 4.69) is 16.1 Å². The zero-order valence-corrected chi connectivity index (χ0v) is 10.2. The summed E-state index contributed by atoms with van der Waals surface area (Å²) in [6.07, 6.45) is 4.47. The van der Waals surface area contributed by atoms with E-state index >= 15 is 0 Å². The molecule has 1 fully saturated rings. The monoisotopic (exact) mass is 237 g/mol. The zero-order valence-electron chi connectivity index (χ0n) is 10.2. The number of aryl methyl sites for hydroxylation is 1. The van der Waals surface area contributed by atoms with E-state index in [1.165, 1.54) is 0 Å². The van der Waals surface area contributed by atoms with Gasteiger partial charge in [0.1, 0.15) is 0 Å². The van der Waals surface area contributed by atoms with E-state index in [1.54, 1.807) is 0 Å². The maximum Gasteiger partial charge on any atom is 0.304 e. The molecule has 5 heteroatoms. The number of nitrogens with zero attached hydrogens (tertiary/aromatic N) is 3. The highest BCUT2D eigenvalue weighted by atomic mass is 16.4. The second-order valence-electron chi connectivity index (χ2n) is 4.70. The number of carboxylic acids is 1. The highest BCUT2D eigenvalue weighted by Gasteiger charge is 2.23. The minimum Gasteiger partial charge on any atom is -0.481 e. The van der Waals surface area contributed by atoms with Gasteiger partial charge < -0.3 is 10.0 Å². The lowest BCUT2D eigenvalue weighted by Gasteiger charge is -2.31. The Balaban J connectivity index is 1.90. The average Bonchev–Trinajstić information content (AvgIpc) is 2.74. The summed E-state index contributed by atoms with van der Waals surface area (Å²) in [5.41, 5.74) is 1.13. The van der Waals surface area contributed by atoms with Gasteiger partial charge in [-0.25, -0.2) is 0 Å². The summed E-state index contributed by atoms with van der Waals surface area (Å²) < 4.78 is 1.82. The van der Waals surface area contributed by atoms with Crippen LogP contribution in [0, 0.1) is 0 Å². The molecule has 0 aliphatic carbocycles. The Bertz CT molecular complexity index is 389. The van der Waals surface area contributed by atoms with Gasteiger partial charge in [-0.15, -0.1) is 0 Å². The molecule has 1 N–H and O–H groups in total. The number of aliphatic carboxylic acids is 1. The van der Waals surface area contributed by atoms with Crippen molar-refractivity contribution in [3.8, 4) is 0 Å². The molecule has 1 unspecified atom stereocenters. The van der Waals surface area contributed by atoms with E-state index in [9.17, 15) is 4.79 Å². The normalized spacial score (nSPS) is 21.6. The smallest absolute Gasteiger partial charge is 0.304 e. The maximum atomic E-state index is 10.6. The summed E-state index contributed by atoms with van der Waals surface area (Å²) in [5, 5.41) is 13.1. The molecule has 1 aliphatic heterocycles. The van der Waals surface area contributed by atoms with Crippen molar-refractivity contribution in [3.05, 3.63) is 18.0 Å². The number of likely N-dealkylation sites (tertiary alicyclic amines) is 1. The zero-order chi connectivity index (χ0) is 12.3. The number of rotatable bonds is 4. The van der Waals surface area contributed by atoms with Crippen molar-refractivity contribution >= 4 is 5.97 Å². The molecule has 2 heterocycles. The van der Waals surface area contributed by atoms with Crippen molar-refractivity contribution in [2.45, 2.75) is 25.2 Å². The molecule has 0 spiro atoms. The van der Waals surface area contributed by atoms with Crippen molar-refractivity contribution in [2.24, 2.45) is 7.05 Å². The van der Waals surface area contributed by atoms with Crippen LogP contribution in [0.3, 0.4) is 0 Å². The summed E-state index contributed by atoms with van der Waals surface area (Å²) >= 11 is 0. The van der Waals surface area contributed by atoms with Crippen LogP contribution in [0.4, 0.5) is 0 Å². The quantitative estimate of drug-likeness (QED) is 0.851. The number of aromatic nitrogens is 2. The lowest BCUT2D eigenvalue weighted by Crippen LogP contribution is -2.36. The SMILES string of the molecule is Cn1ccc(C2CCCN(CCC(=O)O)C2)n1. The van der Waals surface area contributed by atoms with E-state index in [0.717, 1.165) is 31.6 Å². The minimum absolute atomic E-state index is 0.231. The molecule has 0 aromatic carbocycles. The Morgan fingerprint density at radius 3 is 3.12 bits per heavy atom. The number of carboxylic acid groups (broad SMARTS) is 1. The Labute approximate surface area is 101 Å². The summed E-state index contributed by atoms with van der Waals surface area (Å²) in [5.74, 6) is -0.260. The van der Waals surface area contributed by atoms with Crippen molar-refractivity contribution in [1.29, 1.82) is 0 Å². The van der Waals surface area contributed by atoms with Gasteiger partial charge in [-0.05, 0) is 25.5 Å². The molecule has 1 aliphatic rings. The second kappa shape index (κ2) is 5.31. The van der Waals surface area contributed by atoms with Crippen LogP contribution in [-0.2, 0) is 11.8 Å². The van der Waals surface area contributed by atoms with Crippen molar-refractivity contribution in [3.63, 3.8) is 0 Å². The molecule has 0 bridgehead atoms. The first-order valence-corrected chi connectivity index (χ1v) is 6.09. The molecule has 17 heavy (non-hydrogen) atoms. The fourth-order valence-electron chi connectivity index (χ4n) is 2.40. The van der Waals surface area contributed by atoms with Crippen molar-refractivity contribution < 1.29 is 9.90 Å². The van der Waals surface area contributed by atoms with Crippen LogP contribution < -0.4 is 0 Å². The van der Waals surface area contributed by atoms with Crippen molar-refractivity contribution in [1.82, 2.24) is 14.7 Å². The Morgan fingerprint density at radius 2 is 2.47 bits per heavy atom. The van der Waals surface area contributed by atoms with Crippen LogP contribution >= 0.6 is 0 Å². The number of carbonyl (C=O) groups is 1. The van der Waals surface area contributed by atoms with Crippen LogP contribution in [0.2, 0.25) is 0 Å². The second-order valence-corrected chi connectivity index (χ2v) is 4.70. The first-order valence-electron chi connectivity index (χ1n) is 6.09. The lowest BCUT2D eigenvalue weighted by molar-refractivity contribution is -0.137. The lowest BCUT2D eigenvalue weighted by atomic mass is 9.95. The summed E-state index contributed by atoms with van der Waals surface area (Å²) in [6, 6.07) is 2.06. The van der Waals surface area contributed by atoms with Gasteiger partial charge in [0.15, 0.2) is 0 Å². The first kappa shape index (κ1) is 12.1. The van der Waals surface area contributed by atoms with Crippen molar-refractivity contribution in [2.75, 3.05) is 19.6 Å². The molecular weight excluding hydrogens is 218 g/mol. The largest absolute Gasteiger partial charge is 0.481 e. The third-order valence-electron chi connectivity index (χ3n) is 3.30. The molecule has 0 saturated carbocycles. The van der Waals surface area contributed by atoms with Crippen LogP contribution in [0.25, 0.3) is 0 Å². The molecule has 2 rings (SSSR count). The van der Waals surface area contributed by atoms with Gasteiger partial charge in [0, 0.05) is 32.3 Å². The molecule has 1 aromatic heterocycles. The summed E-state index contributed by atoms with van der Waals surface area (Å²) in [4.78, 5) is 12.8. The third kappa shape index (κ3) is 3.30. The van der Waals surface area contributed by atoms with Crippen LogP contribution in [0.15, 0.2) is 12.3 Å². The van der Waals surface area contributed by atoms with Gasteiger partial charge >= 0.3 is 5.97 Å². The fraction of sp³-hybridized carbons (Fsp3) is 0.667. The van der Waals surface area contributed by atoms with Crippen LogP contribution in [0.1, 0.15) is 30.9 Å². The molecule has 0 amide bonds. The predicted octanol–water partition coefficient (Wildman–Crippen LogP) is 1.07. The Morgan fingerprint density at radius 1 is 1.65 bits per heavy atom. The van der Waals surface area contributed by atoms with E-state index in [4.69, 9.17) is 5.11 Å². The van der Waals surface area contributed by atoms with Gasteiger partial charge in [-0.2, -0.15) is 5.10 Å². The van der Waals surface area contributed by atoms with Gasteiger partial charge in [-0.1, -0.05) is 0 Å². The Hall–Kier alpha value is -1.36. The molecule has 1 aromatic rings. The van der Waals surface area contributed by atoms with Gasteiger partial charge in [-0.3, -0.25) is 9.48 Å². The maximum absolute atomic E-state index is 10.6. The number of hydrogen-bond donors (Lipinski definition) is 1.